The van der Waals surface area contributed by atoms with Crippen LogP contribution in [0.15, 0.2) is 17.1 Å². The maximum absolute atomic E-state index is 15.1. The first-order valence-electron chi connectivity index (χ1n) is 10.0. The molecule has 2 aliphatic rings. The van der Waals surface area contributed by atoms with Crippen molar-refractivity contribution in [3.8, 4) is 0 Å². The molecule has 0 bridgehead atoms. The molecule has 0 radical (unpaired) electrons. The lowest BCUT2D eigenvalue weighted by atomic mass is 9.89. The molecule has 2 atom stereocenters. The number of carboxylic acids is 1. The standard InChI is InChI=1S/C21H25F2N3O3.2ClH/c1-11-18-14(12-2-3-12)8-15(21(28)29)20(27)26(18)9-16(23)19(11)25-7-5-13(4-6-22)17(24)10-25;;/h8-9,12-13,17H,2-7,10,24H2,1H3,(H,28,29);2*1H/t13-,17+;;/m0../s1. The van der Waals surface area contributed by atoms with Gasteiger partial charge in [-0.15, -0.1) is 24.8 Å². The molecule has 3 N–H and O–H groups in total. The van der Waals surface area contributed by atoms with Crippen LogP contribution < -0.4 is 16.2 Å². The number of hydrogen-bond acceptors (Lipinski definition) is 4. The number of nitrogens with zero attached hydrogens (tertiary/aromatic N) is 2. The van der Waals surface area contributed by atoms with Crippen LogP contribution in [0.1, 0.15) is 53.1 Å². The van der Waals surface area contributed by atoms with Gasteiger partial charge >= 0.3 is 5.97 Å². The third-order valence-electron chi connectivity index (χ3n) is 6.29. The summed E-state index contributed by atoms with van der Waals surface area (Å²) in [5.74, 6) is -1.65. The van der Waals surface area contributed by atoms with E-state index in [4.69, 9.17) is 5.73 Å². The largest absolute Gasteiger partial charge is 0.477 e. The zero-order valence-corrected chi connectivity index (χ0v) is 18.8. The molecule has 2 fully saturated rings. The van der Waals surface area contributed by atoms with Gasteiger partial charge in [0, 0.05) is 19.1 Å². The highest BCUT2D eigenvalue weighted by atomic mass is 35.5. The summed E-state index contributed by atoms with van der Waals surface area (Å²) in [6.45, 7) is 2.32. The number of piperidine rings is 1. The second-order valence-electron chi connectivity index (χ2n) is 8.20. The first-order chi connectivity index (χ1) is 13.8. The van der Waals surface area contributed by atoms with Crippen molar-refractivity contribution in [3.05, 3.63) is 45.1 Å². The van der Waals surface area contributed by atoms with Gasteiger partial charge in [-0.25, -0.2) is 9.18 Å². The Bertz CT molecular complexity index is 1040. The van der Waals surface area contributed by atoms with Crippen molar-refractivity contribution in [2.24, 2.45) is 11.7 Å². The predicted octanol–water partition coefficient (Wildman–Crippen LogP) is 3.68. The lowest BCUT2D eigenvalue weighted by molar-refractivity contribution is 0.0694. The highest BCUT2D eigenvalue weighted by Crippen LogP contribution is 2.44. The van der Waals surface area contributed by atoms with E-state index in [2.05, 4.69) is 0 Å². The molecule has 0 unspecified atom stereocenters. The van der Waals surface area contributed by atoms with E-state index in [0.29, 0.717) is 42.7 Å². The Balaban J connectivity index is 0.00000171. The molecule has 1 saturated carbocycles. The van der Waals surface area contributed by atoms with E-state index >= 15 is 4.39 Å². The Kier molecular flexibility index (Phi) is 7.94. The van der Waals surface area contributed by atoms with Crippen LogP contribution in [0.5, 0.6) is 0 Å². The molecule has 0 aromatic carbocycles. The fourth-order valence-corrected chi connectivity index (χ4v) is 4.62. The molecule has 1 aliphatic carbocycles. The minimum Gasteiger partial charge on any atom is -0.477 e. The Morgan fingerprint density at radius 2 is 1.97 bits per heavy atom. The van der Waals surface area contributed by atoms with E-state index in [1.54, 1.807) is 6.92 Å². The Hall–Kier alpha value is -1.90. The number of halogens is 4. The number of carboxylic acid groups (broad SMARTS) is 1. The van der Waals surface area contributed by atoms with Crippen LogP contribution in [0.3, 0.4) is 0 Å². The highest BCUT2D eigenvalue weighted by Gasteiger charge is 2.32. The van der Waals surface area contributed by atoms with Gasteiger partial charge in [-0.2, -0.15) is 0 Å². The van der Waals surface area contributed by atoms with Gasteiger partial charge in [-0.1, -0.05) is 0 Å². The van der Waals surface area contributed by atoms with Gasteiger partial charge in [0.15, 0.2) is 5.82 Å². The van der Waals surface area contributed by atoms with Gasteiger partial charge in [-0.05, 0) is 61.6 Å². The summed E-state index contributed by atoms with van der Waals surface area (Å²) in [6, 6.07) is 1.19. The zero-order chi connectivity index (χ0) is 20.9. The molecule has 4 rings (SSSR count). The summed E-state index contributed by atoms with van der Waals surface area (Å²) in [6.07, 6.45) is 4.01. The zero-order valence-electron chi connectivity index (χ0n) is 17.1. The van der Waals surface area contributed by atoms with Crippen molar-refractivity contribution >= 4 is 42.0 Å². The van der Waals surface area contributed by atoms with Crippen molar-refractivity contribution < 1.29 is 18.7 Å². The van der Waals surface area contributed by atoms with E-state index in [1.165, 1.54) is 6.07 Å². The van der Waals surface area contributed by atoms with Crippen molar-refractivity contribution in [3.63, 3.8) is 0 Å². The number of pyridine rings is 2. The van der Waals surface area contributed by atoms with Crippen LogP contribution >= 0.6 is 24.8 Å². The smallest absolute Gasteiger partial charge is 0.341 e. The van der Waals surface area contributed by atoms with E-state index < -0.39 is 24.0 Å². The second-order valence-corrected chi connectivity index (χ2v) is 8.20. The fourth-order valence-electron chi connectivity index (χ4n) is 4.62. The Labute approximate surface area is 191 Å². The van der Waals surface area contributed by atoms with Crippen molar-refractivity contribution in [2.45, 2.75) is 44.6 Å². The number of alkyl halides is 1. The van der Waals surface area contributed by atoms with Gasteiger partial charge in [-0.3, -0.25) is 13.6 Å². The molecule has 10 heteroatoms. The summed E-state index contributed by atoms with van der Waals surface area (Å²) >= 11 is 0. The topological polar surface area (TPSA) is 88.0 Å². The van der Waals surface area contributed by atoms with Crippen molar-refractivity contribution in [2.75, 3.05) is 24.7 Å². The molecule has 2 aromatic heterocycles. The second kappa shape index (κ2) is 9.71. The normalized spacial score (nSPS) is 20.8. The maximum atomic E-state index is 15.1. The summed E-state index contributed by atoms with van der Waals surface area (Å²) < 4.78 is 29.0. The number of anilines is 1. The average Bonchev–Trinajstić information content (AvgIpc) is 3.49. The third kappa shape index (κ3) is 4.52. The number of rotatable bonds is 5. The van der Waals surface area contributed by atoms with E-state index in [1.807, 2.05) is 4.90 Å². The van der Waals surface area contributed by atoms with Crippen LogP contribution in [-0.2, 0) is 0 Å². The van der Waals surface area contributed by atoms with Gasteiger partial charge in [0.05, 0.1) is 24.1 Å². The highest BCUT2D eigenvalue weighted by molar-refractivity contribution is 5.89. The molecule has 0 spiro atoms. The quantitative estimate of drug-likeness (QED) is 0.685. The number of hydrogen-bond donors (Lipinski definition) is 2. The molecule has 172 valence electrons. The first-order valence-corrected chi connectivity index (χ1v) is 10.0. The minimum absolute atomic E-state index is 0. The summed E-state index contributed by atoms with van der Waals surface area (Å²) in [4.78, 5) is 26.1. The SMILES string of the molecule is Cc1c(N2CC[C@H](CCF)[C@H](N)C2)c(F)cn2c(=O)c(C(=O)O)cc(C3CC3)c12.Cl.Cl. The number of aromatic nitrogens is 1. The molecule has 3 heterocycles. The van der Waals surface area contributed by atoms with Crippen LogP contribution in [-0.4, -0.2) is 41.3 Å². The molecule has 0 amide bonds. The number of carbonyl (C=O) groups is 1. The van der Waals surface area contributed by atoms with Crippen molar-refractivity contribution in [1.82, 2.24) is 4.40 Å². The molecule has 1 aliphatic heterocycles. The molecule has 6 nitrogen and oxygen atoms in total. The van der Waals surface area contributed by atoms with Crippen LogP contribution in [0, 0.1) is 18.7 Å². The molecular weight excluding hydrogens is 451 g/mol. The third-order valence-corrected chi connectivity index (χ3v) is 6.29. The summed E-state index contributed by atoms with van der Waals surface area (Å²) in [7, 11) is 0. The predicted molar refractivity (Wildman–Crippen MR) is 121 cm³/mol. The molecule has 1 saturated heterocycles. The van der Waals surface area contributed by atoms with Gasteiger partial charge in [0.25, 0.3) is 5.56 Å². The summed E-state index contributed by atoms with van der Waals surface area (Å²) in [5.41, 5.74) is 7.50. The number of aromatic carboxylic acids is 1. The Morgan fingerprint density at radius 3 is 2.52 bits per heavy atom. The van der Waals surface area contributed by atoms with E-state index in [9.17, 15) is 19.1 Å². The number of fused-ring (bicyclic) bond motifs is 1. The van der Waals surface area contributed by atoms with Crippen LogP contribution in [0.4, 0.5) is 14.5 Å². The van der Waals surface area contributed by atoms with Gasteiger partial charge in [0.1, 0.15) is 5.56 Å². The lowest BCUT2D eigenvalue weighted by Gasteiger charge is -2.38. The van der Waals surface area contributed by atoms with Crippen molar-refractivity contribution in [1.29, 1.82) is 0 Å². The van der Waals surface area contributed by atoms with E-state index in [-0.39, 0.29) is 48.3 Å². The van der Waals surface area contributed by atoms with Gasteiger partial charge in [0.2, 0.25) is 0 Å². The minimum atomic E-state index is -1.31. The molecular formula is C21H27Cl2F2N3O3. The average molecular weight is 478 g/mol. The monoisotopic (exact) mass is 477 g/mol. The van der Waals surface area contributed by atoms with Crippen LogP contribution in [0.2, 0.25) is 0 Å². The summed E-state index contributed by atoms with van der Waals surface area (Å²) in [5, 5.41) is 9.39. The fraction of sp³-hybridized carbons (Fsp3) is 0.524. The lowest BCUT2D eigenvalue weighted by Crippen LogP contribution is -2.49. The van der Waals surface area contributed by atoms with Gasteiger partial charge < -0.3 is 15.7 Å². The van der Waals surface area contributed by atoms with E-state index in [0.717, 1.165) is 29.0 Å². The Morgan fingerprint density at radius 1 is 1.29 bits per heavy atom. The number of aryl methyl sites for hydroxylation is 1. The van der Waals surface area contributed by atoms with Crippen LogP contribution in [0.25, 0.3) is 5.52 Å². The molecule has 31 heavy (non-hydrogen) atoms. The first kappa shape index (κ1) is 25.4. The molecule has 2 aromatic rings. The maximum Gasteiger partial charge on any atom is 0.341 e. The number of nitrogens with two attached hydrogens (primary N) is 1.